The summed E-state index contributed by atoms with van der Waals surface area (Å²) in [7, 11) is 1.58. The first-order valence-corrected chi connectivity index (χ1v) is 8.01. The minimum Gasteiger partial charge on any atom is -0.497 e. The number of aromatic nitrogens is 2. The summed E-state index contributed by atoms with van der Waals surface area (Å²) in [6.45, 7) is 1.68. The molecule has 0 saturated heterocycles. The summed E-state index contributed by atoms with van der Waals surface area (Å²) in [6.07, 6.45) is 0. The molecule has 1 amide bonds. The van der Waals surface area contributed by atoms with Crippen LogP contribution in [0, 0.1) is 10.1 Å². The number of hydrogen-bond acceptors (Lipinski definition) is 7. The molecule has 0 fully saturated rings. The van der Waals surface area contributed by atoms with E-state index in [2.05, 4.69) is 15.5 Å². The van der Waals surface area contributed by atoms with Gasteiger partial charge in [0.1, 0.15) is 11.8 Å². The third kappa shape index (κ3) is 4.09. The molecule has 0 bridgehead atoms. The van der Waals surface area contributed by atoms with Crippen LogP contribution >= 0.6 is 0 Å². The lowest BCUT2D eigenvalue weighted by Gasteiger charge is -2.09. The molecular weight excluding hydrogens is 352 g/mol. The molecule has 0 spiro atoms. The SMILES string of the molecule is COc1ccc(-c2noc([C@H](C)NC(=O)c3cccc([N+](=O)[O-])c3)n2)cc1. The maximum atomic E-state index is 12.3. The Kier molecular flexibility index (Phi) is 5.11. The van der Waals surface area contributed by atoms with Crippen molar-refractivity contribution in [3.63, 3.8) is 0 Å². The average molecular weight is 368 g/mol. The predicted molar refractivity (Wildman–Crippen MR) is 95.3 cm³/mol. The van der Waals surface area contributed by atoms with E-state index in [1.807, 2.05) is 0 Å². The Labute approximate surface area is 154 Å². The number of carbonyl (C=O) groups excluding carboxylic acids is 1. The number of carbonyl (C=O) groups is 1. The monoisotopic (exact) mass is 368 g/mol. The normalized spacial score (nSPS) is 11.6. The maximum absolute atomic E-state index is 12.3. The van der Waals surface area contributed by atoms with Crippen molar-refractivity contribution in [3.05, 3.63) is 70.1 Å². The van der Waals surface area contributed by atoms with Crippen LogP contribution in [0.15, 0.2) is 53.1 Å². The van der Waals surface area contributed by atoms with Crippen LogP contribution in [-0.2, 0) is 0 Å². The second-order valence-corrected chi connectivity index (χ2v) is 5.69. The van der Waals surface area contributed by atoms with E-state index >= 15 is 0 Å². The van der Waals surface area contributed by atoms with E-state index in [0.717, 1.165) is 5.56 Å². The average Bonchev–Trinajstić information content (AvgIpc) is 3.18. The van der Waals surface area contributed by atoms with Crippen LogP contribution in [-0.4, -0.2) is 28.1 Å². The Hall–Kier alpha value is -3.75. The van der Waals surface area contributed by atoms with Gasteiger partial charge in [-0.05, 0) is 37.3 Å². The number of benzene rings is 2. The highest BCUT2D eigenvalue weighted by Crippen LogP contribution is 2.22. The topological polar surface area (TPSA) is 120 Å². The smallest absolute Gasteiger partial charge is 0.270 e. The molecule has 138 valence electrons. The number of hydrogen-bond donors (Lipinski definition) is 1. The fourth-order valence-electron chi connectivity index (χ4n) is 2.37. The first-order chi connectivity index (χ1) is 13.0. The zero-order valence-electron chi connectivity index (χ0n) is 14.6. The van der Waals surface area contributed by atoms with Gasteiger partial charge in [-0.15, -0.1) is 0 Å². The fourth-order valence-corrected chi connectivity index (χ4v) is 2.37. The Bertz CT molecular complexity index is 968. The summed E-state index contributed by atoms with van der Waals surface area (Å²) < 4.78 is 10.3. The van der Waals surface area contributed by atoms with Gasteiger partial charge in [0.05, 0.1) is 12.0 Å². The third-order valence-electron chi connectivity index (χ3n) is 3.83. The van der Waals surface area contributed by atoms with Gasteiger partial charge in [0.2, 0.25) is 11.7 Å². The zero-order chi connectivity index (χ0) is 19.4. The van der Waals surface area contributed by atoms with Crippen LogP contribution in [0.4, 0.5) is 5.69 Å². The molecule has 1 heterocycles. The number of nitrogens with one attached hydrogen (secondary N) is 1. The van der Waals surface area contributed by atoms with Crippen molar-refractivity contribution in [2.24, 2.45) is 0 Å². The third-order valence-corrected chi connectivity index (χ3v) is 3.83. The molecule has 1 atom stereocenters. The summed E-state index contributed by atoms with van der Waals surface area (Å²) in [4.78, 5) is 26.9. The van der Waals surface area contributed by atoms with E-state index in [4.69, 9.17) is 9.26 Å². The van der Waals surface area contributed by atoms with Crippen molar-refractivity contribution < 1.29 is 19.0 Å². The predicted octanol–water partition coefficient (Wildman–Crippen LogP) is 3.14. The highest BCUT2D eigenvalue weighted by molar-refractivity contribution is 5.95. The van der Waals surface area contributed by atoms with Gasteiger partial charge >= 0.3 is 0 Å². The lowest BCUT2D eigenvalue weighted by Crippen LogP contribution is -2.26. The van der Waals surface area contributed by atoms with E-state index in [9.17, 15) is 14.9 Å². The van der Waals surface area contributed by atoms with E-state index < -0.39 is 16.9 Å². The summed E-state index contributed by atoms with van der Waals surface area (Å²) in [5.41, 5.74) is 0.754. The molecule has 2 aromatic carbocycles. The quantitative estimate of drug-likeness (QED) is 0.524. The summed E-state index contributed by atoms with van der Waals surface area (Å²) in [6, 6.07) is 12.0. The van der Waals surface area contributed by atoms with Gasteiger partial charge < -0.3 is 14.6 Å². The van der Waals surface area contributed by atoms with E-state index in [1.165, 1.54) is 24.3 Å². The zero-order valence-corrected chi connectivity index (χ0v) is 14.6. The highest BCUT2D eigenvalue weighted by Gasteiger charge is 2.19. The van der Waals surface area contributed by atoms with Crippen molar-refractivity contribution in [2.45, 2.75) is 13.0 Å². The summed E-state index contributed by atoms with van der Waals surface area (Å²) in [5, 5.41) is 17.4. The molecule has 0 saturated carbocycles. The highest BCUT2D eigenvalue weighted by atomic mass is 16.6. The molecule has 1 aromatic heterocycles. The largest absolute Gasteiger partial charge is 0.497 e. The fraction of sp³-hybridized carbons (Fsp3) is 0.167. The number of nitro benzene ring substituents is 1. The van der Waals surface area contributed by atoms with E-state index in [1.54, 1.807) is 38.3 Å². The molecule has 0 unspecified atom stereocenters. The van der Waals surface area contributed by atoms with Gasteiger partial charge in [0.15, 0.2) is 0 Å². The van der Waals surface area contributed by atoms with Crippen LogP contribution in [0.25, 0.3) is 11.4 Å². The van der Waals surface area contributed by atoms with Gasteiger partial charge in [-0.2, -0.15) is 4.98 Å². The van der Waals surface area contributed by atoms with Gasteiger partial charge in [0.25, 0.3) is 11.6 Å². The van der Waals surface area contributed by atoms with Crippen LogP contribution in [0.2, 0.25) is 0 Å². The van der Waals surface area contributed by atoms with Crippen LogP contribution in [0.3, 0.4) is 0 Å². The molecule has 3 rings (SSSR count). The summed E-state index contributed by atoms with van der Waals surface area (Å²) in [5.74, 6) is 0.833. The first kappa shape index (κ1) is 18.1. The van der Waals surface area contributed by atoms with Crippen molar-refractivity contribution in [1.29, 1.82) is 0 Å². The van der Waals surface area contributed by atoms with Crippen LogP contribution in [0.1, 0.15) is 29.2 Å². The first-order valence-electron chi connectivity index (χ1n) is 8.01. The number of nitrogens with zero attached hydrogens (tertiary/aromatic N) is 3. The molecule has 0 aliphatic heterocycles. The van der Waals surface area contributed by atoms with Crippen molar-refractivity contribution in [2.75, 3.05) is 7.11 Å². The molecular formula is C18H16N4O5. The van der Waals surface area contributed by atoms with Crippen LogP contribution in [0.5, 0.6) is 5.75 Å². The maximum Gasteiger partial charge on any atom is 0.270 e. The van der Waals surface area contributed by atoms with Gasteiger partial charge in [-0.1, -0.05) is 11.2 Å². The van der Waals surface area contributed by atoms with Crippen molar-refractivity contribution in [3.8, 4) is 17.1 Å². The Morgan fingerprint density at radius 3 is 2.67 bits per heavy atom. The van der Waals surface area contributed by atoms with Gasteiger partial charge in [0, 0.05) is 23.3 Å². The van der Waals surface area contributed by atoms with Crippen molar-refractivity contribution in [1.82, 2.24) is 15.5 Å². The van der Waals surface area contributed by atoms with Gasteiger partial charge in [-0.25, -0.2) is 0 Å². The second kappa shape index (κ2) is 7.65. The number of ether oxygens (including phenoxy) is 1. The van der Waals surface area contributed by atoms with E-state index in [-0.39, 0.29) is 17.1 Å². The number of methoxy groups -OCH3 is 1. The number of rotatable bonds is 6. The number of nitro groups is 1. The minimum absolute atomic E-state index is 0.158. The molecule has 0 radical (unpaired) electrons. The Balaban J connectivity index is 1.72. The minimum atomic E-state index is -0.573. The van der Waals surface area contributed by atoms with Gasteiger partial charge in [-0.3, -0.25) is 14.9 Å². The number of non-ortho nitro benzene ring substituents is 1. The standard InChI is InChI=1S/C18H16N4O5/c1-11(19-17(23)13-4-3-5-14(10-13)22(24)25)18-20-16(21-27-18)12-6-8-15(26-2)9-7-12/h3-11H,1-2H3,(H,19,23)/t11-/m0/s1. The molecule has 9 heteroatoms. The second-order valence-electron chi connectivity index (χ2n) is 5.69. The molecule has 27 heavy (non-hydrogen) atoms. The van der Waals surface area contributed by atoms with Crippen LogP contribution < -0.4 is 10.1 Å². The molecule has 1 N–H and O–H groups in total. The summed E-state index contributed by atoms with van der Waals surface area (Å²) >= 11 is 0. The molecule has 0 aliphatic carbocycles. The van der Waals surface area contributed by atoms with E-state index in [0.29, 0.717) is 11.6 Å². The lowest BCUT2D eigenvalue weighted by molar-refractivity contribution is -0.384. The Morgan fingerprint density at radius 2 is 2.00 bits per heavy atom. The molecule has 3 aromatic rings. The lowest BCUT2D eigenvalue weighted by atomic mass is 10.1. The van der Waals surface area contributed by atoms with Crippen molar-refractivity contribution >= 4 is 11.6 Å². The molecule has 0 aliphatic rings. The molecule has 9 nitrogen and oxygen atoms in total. The Morgan fingerprint density at radius 1 is 1.26 bits per heavy atom. The number of amides is 1.